The second kappa shape index (κ2) is 3.85. The van der Waals surface area contributed by atoms with Crippen LogP contribution in [-0.4, -0.2) is 11.0 Å². The molecule has 0 saturated heterocycles. The molecule has 1 aliphatic heterocycles. The minimum atomic E-state index is -0.139. The molecule has 15 heavy (non-hydrogen) atoms. The summed E-state index contributed by atoms with van der Waals surface area (Å²) in [5, 5.41) is 3.89. The van der Waals surface area contributed by atoms with Gasteiger partial charge in [-0.25, -0.2) is 0 Å². The lowest BCUT2D eigenvalue weighted by atomic mass is 9.79. The van der Waals surface area contributed by atoms with Gasteiger partial charge in [-0.2, -0.15) is 0 Å². The third-order valence-electron chi connectivity index (χ3n) is 2.47. The molecule has 0 radical (unpaired) electrons. The number of rotatable bonds is 1. The number of nitrogens with zero attached hydrogens (tertiary/aromatic N) is 1. The molecular formula is C12H21NOS. The van der Waals surface area contributed by atoms with E-state index in [1.165, 1.54) is 12.0 Å². The molecule has 1 unspecified atom stereocenters. The van der Waals surface area contributed by atoms with E-state index in [2.05, 4.69) is 58.9 Å². The van der Waals surface area contributed by atoms with E-state index in [9.17, 15) is 0 Å². The van der Waals surface area contributed by atoms with Crippen molar-refractivity contribution < 1.29 is 4.28 Å². The van der Waals surface area contributed by atoms with Crippen LogP contribution in [0.1, 0.15) is 41.5 Å². The van der Waals surface area contributed by atoms with Crippen molar-refractivity contribution in [3.05, 3.63) is 12.2 Å². The molecule has 0 spiro atoms. The summed E-state index contributed by atoms with van der Waals surface area (Å²) in [6.07, 6.45) is 6.35. The highest BCUT2D eigenvalue weighted by Gasteiger charge is 2.44. The van der Waals surface area contributed by atoms with Crippen molar-refractivity contribution in [1.29, 1.82) is 0 Å². The second-order valence-corrected chi connectivity index (χ2v) is 7.13. The van der Waals surface area contributed by atoms with Crippen molar-refractivity contribution in [3.63, 3.8) is 0 Å². The predicted molar refractivity (Wildman–Crippen MR) is 67.9 cm³/mol. The molecule has 0 aliphatic carbocycles. The lowest BCUT2D eigenvalue weighted by Gasteiger charge is -2.34. The van der Waals surface area contributed by atoms with Crippen molar-refractivity contribution in [1.82, 2.24) is 0 Å². The van der Waals surface area contributed by atoms with Crippen LogP contribution in [0.25, 0.3) is 0 Å². The number of allylic oxidation sites excluding steroid dienone is 1. The van der Waals surface area contributed by atoms with Gasteiger partial charge in [0.25, 0.3) is 0 Å². The first-order valence-electron chi connectivity index (χ1n) is 5.26. The van der Waals surface area contributed by atoms with E-state index in [0.717, 1.165) is 0 Å². The van der Waals surface area contributed by atoms with Crippen LogP contribution in [0.2, 0.25) is 0 Å². The maximum Gasteiger partial charge on any atom is 0.118 e. The minimum absolute atomic E-state index is 0.0966. The minimum Gasteiger partial charge on any atom is -0.321 e. The molecule has 2 nitrogen and oxygen atoms in total. The van der Waals surface area contributed by atoms with Crippen LogP contribution in [0.3, 0.4) is 0 Å². The third-order valence-corrected chi connectivity index (χ3v) is 3.76. The van der Waals surface area contributed by atoms with Gasteiger partial charge < -0.3 is 4.28 Å². The van der Waals surface area contributed by atoms with E-state index < -0.39 is 0 Å². The Kier molecular flexibility index (Phi) is 3.24. The summed E-state index contributed by atoms with van der Waals surface area (Å²) < 4.78 is 4.95. The topological polar surface area (TPSA) is 21.6 Å². The Morgan fingerprint density at radius 3 is 2.13 bits per heavy atom. The summed E-state index contributed by atoms with van der Waals surface area (Å²) in [6.45, 7) is 13.2. The summed E-state index contributed by atoms with van der Waals surface area (Å²) in [5.41, 5.74) is 0.286. The van der Waals surface area contributed by atoms with Crippen molar-refractivity contribution >= 4 is 18.3 Å². The molecule has 0 bridgehead atoms. The average molecular weight is 227 g/mol. The van der Waals surface area contributed by atoms with Crippen LogP contribution >= 0.6 is 12.0 Å². The SMILES string of the molecule is CC(C)(C)/C=C/C1(C(C)(C)C)C=NOS1. The normalized spacial score (nSPS) is 27.3. The van der Waals surface area contributed by atoms with Crippen LogP contribution in [0.15, 0.2) is 17.3 Å². The zero-order valence-corrected chi connectivity index (χ0v) is 11.3. The Labute approximate surface area is 97.4 Å². The maximum atomic E-state index is 5.09. The second-order valence-electron chi connectivity index (χ2n) is 6.13. The first-order valence-corrected chi connectivity index (χ1v) is 6.00. The summed E-state index contributed by atoms with van der Waals surface area (Å²) in [4.78, 5) is 0. The molecule has 0 saturated carbocycles. The van der Waals surface area contributed by atoms with Gasteiger partial charge in [0.2, 0.25) is 0 Å². The molecule has 1 heterocycles. The van der Waals surface area contributed by atoms with E-state index in [4.69, 9.17) is 4.28 Å². The molecule has 86 valence electrons. The maximum absolute atomic E-state index is 5.09. The molecule has 0 aromatic carbocycles. The van der Waals surface area contributed by atoms with Gasteiger partial charge in [0.1, 0.15) is 16.8 Å². The van der Waals surface area contributed by atoms with Crippen molar-refractivity contribution in [2.45, 2.75) is 46.3 Å². The lowest BCUT2D eigenvalue weighted by molar-refractivity contribution is 0.381. The highest BCUT2D eigenvalue weighted by Crippen LogP contribution is 2.46. The first-order chi connectivity index (χ1) is 6.66. The lowest BCUT2D eigenvalue weighted by Crippen LogP contribution is -2.37. The smallest absolute Gasteiger partial charge is 0.118 e. The van der Waals surface area contributed by atoms with Gasteiger partial charge in [0, 0.05) is 0 Å². The van der Waals surface area contributed by atoms with Gasteiger partial charge in [0.15, 0.2) is 0 Å². The molecule has 0 aromatic rings. The number of oxime groups is 1. The zero-order valence-electron chi connectivity index (χ0n) is 10.5. The van der Waals surface area contributed by atoms with Crippen molar-refractivity contribution in [2.75, 3.05) is 0 Å². The molecule has 1 rings (SSSR count). The van der Waals surface area contributed by atoms with Gasteiger partial charge in [0.05, 0.1) is 6.21 Å². The van der Waals surface area contributed by atoms with Crippen molar-refractivity contribution in [2.24, 2.45) is 16.0 Å². The van der Waals surface area contributed by atoms with E-state index >= 15 is 0 Å². The van der Waals surface area contributed by atoms with Gasteiger partial charge in [-0.15, -0.1) is 0 Å². The predicted octanol–water partition coefficient (Wildman–Crippen LogP) is 4.04. The Hall–Kier alpha value is -0.440. The van der Waals surface area contributed by atoms with E-state index in [0.29, 0.717) is 0 Å². The first kappa shape index (κ1) is 12.6. The number of hydrogen-bond acceptors (Lipinski definition) is 3. The molecule has 0 amide bonds. The fourth-order valence-electron chi connectivity index (χ4n) is 1.22. The molecular weight excluding hydrogens is 206 g/mol. The summed E-state index contributed by atoms with van der Waals surface area (Å²) >= 11 is 1.43. The molecule has 1 atom stereocenters. The molecule has 0 aromatic heterocycles. The monoisotopic (exact) mass is 227 g/mol. The van der Waals surface area contributed by atoms with E-state index in [1.807, 2.05) is 6.21 Å². The van der Waals surface area contributed by atoms with E-state index in [1.54, 1.807) is 0 Å². The quantitative estimate of drug-likeness (QED) is 0.498. The molecule has 3 heteroatoms. The molecule has 1 aliphatic rings. The van der Waals surface area contributed by atoms with Gasteiger partial charge in [-0.3, -0.25) is 0 Å². The highest BCUT2D eigenvalue weighted by molar-refractivity contribution is 7.97. The van der Waals surface area contributed by atoms with Gasteiger partial charge in [-0.1, -0.05) is 58.9 Å². The fourth-order valence-corrected chi connectivity index (χ4v) is 1.89. The standard InChI is InChI=1S/C12H21NOS/c1-10(2,3)7-8-12(11(4,5)6)9-13-14-15-12/h7-9H,1-6H3/b8-7+. The Balaban J connectivity index is 2.95. The largest absolute Gasteiger partial charge is 0.321 e. The van der Waals surface area contributed by atoms with E-state index in [-0.39, 0.29) is 15.6 Å². The third kappa shape index (κ3) is 3.00. The van der Waals surface area contributed by atoms with Gasteiger partial charge in [-0.05, 0) is 10.8 Å². The zero-order chi connectivity index (χ0) is 11.7. The highest BCUT2D eigenvalue weighted by atomic mass is 32.2. The van der Waals surface area contributed by atoms with Crippen LogP contribution in [-0.2, 0) is 4.28 Å². The summed E-state index contributed by atoms with van der Waals surface area (Å²) in [5.74, 6) is 0. The molecule has 0 fully saturated rings. The van der Waals surface area contributed by atoms with Crippen LogP contribution in [0.4, 0.5) is 0 Å². The fraction of sp³-hybridized carbons (Fsp3) is 0.750. The Bertz CT molecular complexity index is 283. The Morgan fingerprint density at radius 1 is 1.20 bits per heavy atom. The summed E-state index contributed by atoms with van der Waals surface area (Å²) in [7, 11) is 0. The van der Waals surface area contributed by atoms with Gasteiger partial charge >= 0.3 is 0 Å². The van der Waals surface area contributed by atoms with Crippen molar-refractivity contribution in [3.8, 4) is 0 Å². The van der Waals surface area contributed by atoms with Crippen LogP contribution < -0.4 is 0 Å². The summed E-state index contributed by atoms with van der Waals surface area (Å²) in [6, 6.07) is 0. The molecule has 0 N–H and O–H groups in total. The van der Waals surface area contributed by atoms with Crippen LogP contribution in [0, 0.1) is 10.8 Å². The average Bonchev–Trinajstić information content (AvgIpc) is 2.46. The Morgan fingerprint density at radius 2 is 1.80 bits per heavy atom. The van der Waals surface area contributed by atoms with Crippen LogP contribution in [0.5, 0.6) is 0 Å². The number of hydrogen-bond donors (Lipinski definition) is 0.